The maximum atomic E-state index is 12.6. The van der Waals surface area contributed by atoms with E-state index in [1.807, 2.05) is 19.1 Å². The highest BCUT2D eigenvalue weighted by molar-refractivity contribution is 7.20. The SMILES string of the molecule is Cc1nn(-c2ccc(Cl)cc2)c2sc(C(=O)OCC(=O)NC3CCCC(C)C3C)cc12. The summed E-state index contributed by atoms with van der Waals surface area (Å²) in [6, 6.07) is 9.28. The van der Waals surface area contributed by atoms with Gasteiger partial charge < -0.3 is 10.1 Å². The van der Waals surface area contributed by atoms with E-state index in [0.29, 0.717) is 21.7 Å². The molecule has 4 rings (SSSR count). The van der Waals surface area contributed by atoms with E-state index in [4.69, 9.17) is 16.3 Å². The summed E-state index contributed by atoms with van der Waals surface area (Å²) >= 11 is 7.29. The topological polar surface area (TPSA) is 73.2 Å². The monoisotopic (exact) mass is 459 g/mol. The third-order valence-electron chi connectivity index (χ3n) is 6.20. The summed E-state index contributed by atoms with van der Waals surface area (Å²) in [6.07, 6.45) is 3.28. The fourth-order valence-corrected chi connectivity index (χ4v) is 5.34. The molecule has 1 amide bonds. The fraction of sp³-hybridized carbons (Fsp3) is 0.435. The average molecular weight is 460 g/mol. The van der Waals surface area contributed by atoms with Crippen LogP contribution in [0.25, 0.3) is 15.9 Å². The molecule has 0 bridgehead atoms. The minimum Gasteiger partial charge on any atom is -0.451 e. The summed E-state index contributed by atoms with van der Waals surface area (Å²) in [7, 11) is 0. The van der Waals surface area contributed by atoms with Crippen LogP contribution in [0.4, 0.5) is 0 Å². The number of thiophene rings is 1. The zero-order valence-corrected chi connectivity index (χ0v) is 19.4. The molecule has 6 nitrogen and oxygen atoms in total. The van der Waals surface area contributed by atoms with Gasteiger partial charge in [0.2, 0.25) is 0 Å². The number of esters is 1. The van der Waals surface area contributed by atoms with Gasteiger partial charge in [0.05, 0.1) is 11.4 Å². The Labute approximate surface area is 190 Å². The highest BCUT2D eigenvalue weighted by Gasteiger charge is 2.28. The number of aromatic nitrogens is 2. The van der Waals surface area contributed by atoms with Gasteiger partial charge in [0.1, 0.15) is 9.71 Å². The van der Waals surface area contributed by atoms with Crippen LogP contribution in [0.2, 0.25) is 5.02 Å². The van der Waals surface area contributed by atoms with Crippen molar-refractivity contribution in [1.29, 1.82) is 0 Å². The van der Waals surface area contributed by atoms with Crippen LogP contribution in [0.5, 0.6) is 0 Å². The van der Waals surface area contributed by atoms with Crippen molar-refractivity contribution in [2.24, 2.45) is 11.8 Å². The van der Waals surface area contributed by atoms with Crippen LogP contribution in [0, 0.1) is 18.8 Å². The maximum Gasteiger partial charge on any atom is 0.348 e. The molecule has 31 heavy (non-hydrogen) atoms. The molecule has 1 N–H and O–H groups in total. The van der Waals surface area contributed by atoms with Crippen molar-refractivity contribution in [1.82, 2.24) is 15.1 Å². The van der Waals surface area contributed by atoms with E-state index < -0.39 is 5.97 Å². The molecule has 0 spiro atoms. The van der Waals surface area contributed by atoms with Gasteiger partial charge >= 0.3 is 5.97 Å². The standard InChI is InChI=1S/C23H26ClN3O3S/c1-13-5-4-6-19(14(13)2)25-21(28)12-30-23(29)20-11-18-15(3)26-27(22(18)31-20)17-9-7-16(24)8-10-17/h7-11,13-14,19H,4-6,12H2,1-3H3,(H,25,28). The lowest BCUT2D eigenvalue weighted by Crippen LogP contribution is -2.45. The normalized spacial score (nSPS) is 21.2. The van der Waals surface area contributed by atoms with Gasteiger partial charge in [0.25, 0.3) is 5.91 Å². The van der Waals surface area contributed by atoms with Gasteiger partial charge in [-0.1, -0.05) is 38.3 Å². The highest BCUT2D eigenvalue weighted by Crippen LogP contribution is 2.31. The summed E-state index contributed by atoms with van der Waals surface area (Å²) in [4.78, 5) is 26.2. The predicted molar refractivity (Wildman–Crippen MR) is 123 cm³/mol. The average Bonchev–Trinajstić information content (AvgIpc) is 3.31. The third-order valence-corrected chi connectivity index (χ3v) is 7.55. The molecule has 1 fully saturated rings. The number of ether oxygens (including phenoxy) is 1. The number of fused-ring (bicyclic) bond motifs is 1. The van der Waals surface area contributed by atoms with Crippen LogP contribution in [-0.4, -0.2) is 34.3 Å². The minimum absolute atomic E-state index is 0.146. The zero-order valence-electron chi connectivity index (χ0n) is 17.9. The number of hydrogen-bond donors (Lipinski definition) is 1. The number of carbonyl (C=O) groups excluding carboxylic acids is 2. The van der Waals surface area contributed by atoms with Crippen LogP contribution < -0.4 is 5.32 Å². The minimum atomic E-state index is -0.497. The Bertz CT molecular complexity index is 1110. The quantitative estimate of drug-likeness (QED) is 0.535. The number of benzene rings is 1. The number of hydrogen-bond acceptors (Lipinski definition) is 5. The number of aryl methyl sites for hydroxylation is 1. The second-order valence-electron chi connectivity index (χ2n) is 8.32. The Morgan fingerprint density at radius 1 is 1.26 bits per heavy atom. The van der Waals surface area contributed by atoms with E-state index >= 15 is 0 Å². The van der Waals surface area contributed by atoms with Crippen LogP contribution in [0.15, 0.2) is 30.3 Å². The largest absolute Gasteiger partial charge is 0.451 e. The second-order valence-corrected chi connectivity index (χ2v) is 9.79. The summed E-state index contributed by atoms with van der Waals surface area (Å²) in [6.45, 7) is 6.02. The van der Waals surface area contributed by atoms with Crippen molar-refractivity contribution in [3.63, 3.8) is 0 Å². The molecule has 8 heteroatoms. The molecule has 3 atom stereocenters. The van der Waals surface area contributed by atoms with Crippen molar-refractivity contribution in [3.05, 3.63) is 45.9 Å². The first-order valence-electron chi connectivity index (χ1n) is 10.5. The molecule has 0 radical (unpaired) electrons. The lowest BCUT2D eigenvalue weighted by atomic mass is 9.78. The van der Waals surface area contributed by atoms with Gasteiger partial charge in [-0.25, -0.2) is 9.48 Å². The van der Waals surface area contributed by atoms with Gasteiger partial charge in [-0.3, -0.25) is 4.79 Å². The van der Waals surface area contributed by atoms with Crippen LogP contribution in [0.3, 0.4) is 0 Å². The van der Waals surface area contributed by atoms with E-state index in [1.54, 1.807) is 22.9 Å². The first kappa shape index (κ1) is 21.8. The summed E-state index contributed by atoms with van der Waals surface area (Å²) in [5.41, 5.74) is 1.68. The molecule has 1 aliphatic carbocycles. The number of nitrogens with zero attached hydrogens (tertiary/aromatic N) is 2. The first-order valence-corrected chi connectivity index (χ1v) is 11.7. The van der Waals surface area contributed by atoms with E-state index in [-0.39, 0.29) is 18.6 Å². The molecule has 0 aliphatic heterocycles. The molecule has 3 unspecified atom stereocenters. The molecule has 1 aromatic carbocycles. The molecular weight excluding hydrogens is 434 g/mol. The van der Waals surface area contributed by atoms with Crippen molar-refractivity contribution in [2.75, 3.05) is 6.61 Å². The molecular formula is C23H26ClN3O3S. The Balaban J connectivity index is 1.43. The van der Waals surface area contributed by atoms with Crippen LogP contribution in [-0.2, 0) is 9.53 Å². The molecule has 3 aromatic rings. The first-order chi connectivity index (χ1) is 14.8. The van der Waals surface area contributed by atoms with E-state index in [1.165, 1.54) is 17.8 Å². The third kappa shape index (κ3) is 4.62. The zero-order chi connectivity index (χ0) is 22.1. The predicted octanol–water partition coefficient (Wildman–Crippen LogP) is 5.15. The van der Waals surface area contributed by atoms with E-state index in [0.717, 1.165) is 34.4 Å². The Kier molecular flexibility index (Phi) is 6.34. The number of nitrogens with one attached hydrogen (secondary N) is 1. The van der Waals surface area contributed by atoms with E-state index in [2.05, 4.69) is 24.3 Å². The lowest BCUT2D eigenvalue weighted by Gasteiger charge is -2.34. The van der Waals surface area contributed by atoms with Gasteiger partial charge in [0.15, 0.2) is 6.61 Å². The smallest absolute Gasteiger partial charge is 0.348 e. The van der Waals surface area contributed by atoms with Gasteiger partial charge in [-0.2, -0.15) is 5.10 Å². The Morgan fingerprint density at radius 3 is 2.74 bits per heavy atom. The van der Waals surface area contributed by atoms with Crippen LogP contribution in [0.1, 0.15) is 48.5 Å². The molecule has 2 aromatic heterocycles. The molecule has 1 saturated carbocycles. The summed E-state index contributed by atoms with van der Waals surface area (Å²) in [5.74, 6) is 0.269. The fourth-order valence-electron chi connectivity index (χ4n) is 4.14. The molecule has 164 valence electrons. The summed E-state index contributed by atoms with van der Waals surface area (Å²) in [5, 5.41) is 9.14. The van der Waals surface area contributed by atoms with Gasteiger partial charge in [0, 0.05) is 16.5 Å². The van der Waals surface area contributed by atoms with Gasteiger partial charge in [-0.15, -0.1) is 11.3 Å². The highest BCUT2D eigenvalue weighted by atomic mass is 35.5. The van der Waals surface area contributed by atoms with Crippen molar-refractivity contribution < 1.29 is 14.3 Å². The maximum absolute atomic E-state index is 12.6. The Hall–Kier alpha value is -2.38. The second kappa shape index (κ2) is 9.01. The molecule has 0 saturated heterocycles. The van der Waals surface area contributed by atoms with Crippen LogP contribution >= 0.6 is 22.9 Å². The van der Waals surface area contributed by atoms with Crippen molar-refractivity contribution in [2.45, 2.75) is 46.1 Å². The van der Waals surface area contributed by atoms with Crippen molar-refractivity contribution in [3.8, 4) is 5.69 Å². The van der Waals surface area contributed by atoms with E-state index in [9.17, 15) is 9.59 Å². The Morgan fingerprint density at radius 2 is 2.00 bits per heavy atom. The number of rotatable bonds is 5. The van der Waals surface area contributed by atoms with Crippen molar-refractivity contribution >= 4 is 45.0 Å². The summed E-state index contributed by atoms with van der Waals surface area (Å²) < 4.78 is 7.10. The lowest BCUT2D eigenvalue weighted by molar-refractivity contribution is -0.125. The van der Waals surface area contributed by atoms with Gasteiger partial charge in [-0.05, 0) is 55.5 Å². The number of carbonyl (C=O) groups is 2. The number of amides is 1. The molecule has 1 aliphatic rings. The molecule has 2 heterocycles. The number of halogens is 1.